The minimum Gasteiger partial charge on any atom is -0.492 e. The van der Waals surface area contributed by atoms with E-state index in [0.29, 0.717) is 19.4 Å². The minimum absolute atomic E-state index is 0.130. The highest BCUT2D eigenvalue weighted by atomic mass is 79.9. The number of rotatable bonds is 8. The summed E-state index contributed by atoms with van der Waals surface area (Å²) in [5.74, 6) is 0.667. The smallest absolute Gasteiger partial charge is 0.240 e. The van der Waals surface area contributed by atoms with Crippen LogP contribution in [0.15, 0.2) is 58.2 Å². The fourth-order valence-electron chi connectivity index (χ4n) is 2.73. The average molecular weight is 428 g/mol. The third kappa shape index (κ3) is 5.20. The van der Waals surface area contributed by atoms with Gasteiger partial charge in [0.05, 0.1) is 17.3 Å². The second-order valence-corrected chi connectivity index (χ2v) is 7.01. The van der Waals surface area contributed by atoms with Crippen molar-refractivity contribution in [1.29, 1.82) is 0 Å². The number of para-hydroxylation sites is 1. The molecule has 0 bridgehead atoms. The Morgan fingerprint density at radius 2 is 2.15 bits per heavy atom. The first-order valence-corrected chi connectivity index (χ1v) is 9.76. The van der Waals surface area contributed by atoms with E-state index in [1.807, 2.05) is 42.6 Å². The van der Waals surface area contributed by atoms with Gasteiger partial charge in [0.15, 0.2) is 0 Å². The van der Waals surface area contributed by atoms with Gasteiger partial charge in [-0.1, -0.05) is 31.2 Å². The first kappa shape index (κ1) is 19.2. The Hall–Kier alpha value is -2.60. The number of amides is 1. The van der Waals surface area contributed by atoms with Crippen molar-refractivity contribution in [3.8, 4) is 5.75 Å². The van der Waals surface area contributed by atoms with Crippen LogP contribution < -0.4 is 10.2 Å². The number of aromatic amines is 1. The molecule has 0 saturated carbocycles. The van der Waals surface area contributed by atoms with Gasteiger partial charge in [0.25, 0.3) is 0 Å². The maximum absolute atomic E-state index is 11.9. The summed E-state index contributed by atoms with van der Waals surface area (Å²) in [7, 11) is 0. The van der Waals surface area contributed by atoms with Crippen LogP contribution in [0.1, 0.15) is 30.9 Å². The zero-order valence-electron chi connectivity index (χ0n) is 15.2. The summed E-state index contributed by atoms with van der Waals surface area (Å²) in [6, 6.07) is 14.0. The molecule has 0 aliphatic carbocycles. The number of nitrogens with one attached hydrogen (secondary N) is 2. The predicted molar refractivity (Wildman–Crippen MR) is 112 cm³/mol. The van der Waals surface area contributed by atoms with E-state index in [2.05, 4.69) is 44.4 Å². The van der Waals surface area contributed by atoms with Gasteiger partial charge < -0.3 is 9.72 Å². The van der Waals surface area contributed by atoms with Gasteiger partial charge in [-0.15, -0.1) is 0 Å². The molecule has 0 atom stereocenters. The third-order valence-corrected chi connectivity index (χ3v) is 4.84. The van der Waals surface area contributed by atoms with Crippen LogP contribution in [0.2, 0.25) is 0 Å². The number of ether oxygens (including phenoxy) is 1. The molecule has 2 aromatic carbocycles. The number of aromatic nitrogens is 1. The van der Waals surface area contributed by atoms with Crippen molar-refractivity contribution in [3.63, 3.8) is 0 Å². The lowest BCUT2D eigenvalue weighted by atomic mass is 10.2. The summed E-state index contributed by atoms with van der Waals surface area (Å²) in [5.41, 5.74) is 5.80. The fraction of sp³-hybridized carbons (Fsp3) is 0.238. The van der Waals surface area contributed by atoms with E-state index in [1.165, 1.54) is 5.56 Å². The minimum atomic E-state index is -0.130. The molecule has 1 heterocycles. The normalized spacial score (nSPS) is 11.2. The van der Waals surface area contributed by atoms with Gasteiger partial charge in [-0.2, -0.15) is 5.10 Å². The molecule has 140 valence electrons. The number of fused-ring (bicyclic) bond motifs is 1. The van der Waals surface area contributed by atoms with Crippen LogP contribution in [0.25, 0.3) is 10.9 Å². The van der Waals surface area contributed by atoms with Crippen LogP contribution in [0.5, 0.6) is 5.75 Å². The molecule has 0 aliphatic rings. The van der Waals surface area contributed by atoms with Gasteiger partial charge in [-0.25, -0.2) is 5.43 Å². The number of hydrogen-bond acceptors (Lipinski definition) is 3. The first-order valence-electron chi connectivity index (χ1n) is 8.96. The predicted octanol–water partition coefficient (Wildman–Crippen LogP) is 4.80. The van der Waals surface area contributed by atoms with Crippen molar-refractivity contribution in [2.24, 2.45) is 5.10 Å². The molecule has 0 radical (unpaired) electrons. The number of H-pyrrole nitrogens is 1. The molecule has 3 aromatic rings. The van der Waals surface area contributed by atoms with E-state index in [1.54, 1.807) is 6.21 Å². The highest BCUT2D eigenvalue weighted by molar-refractivity contribution is 9.10. The number of carbonyl (C=O) groups excluding carboxylic acids is 1. The summed E-state index contributed by atoms with van der Waals surface area (Å²) in [6.45, 7) is 2.59. The maximum atomic E-state index is 11.9. The maximum Gasteiger partial charge on any atom is 0.240 e. The van der Waals surface area contributed by atoms with E-state index < -0.39 is 0 Å². The van der Waals surface area contributed by atoms with Gasteiger partial charge in [-0.3, -0.25) is 4.79 Å². The highest BCUT2D eigenvalue weighted by Gasteiger charge is 2.04. The van der Waals surface area contributed by atoms with Crippen molar-refractivity contribution in [2.75, 3.05) is 6.61 Å². The number of halogens is 1. The molecule has 5 nitrogen and oxygen atoms in total. The lowest BCUT2D eigenvalue weighted by molar-refractivity contribution is -0.121. The summed E-state index contributed by atoms with van der Waals surface area (Å²) in [5, 5.41) is 5.11. The van der Waals surface area contributed by atoms with Crippen molar-refractivity contribution in [1.82, 2.24) is 10.4 Å². The number of hydrazone groups is 1. The molecule has 3 rings (SSSR count). The Kier molecular flexibility index (Phi) is 6.65. The largest absolute Gasteiger partial charge is 0.492 e. The number of aryl methyl sites for hydroxylation is 1. The summed E-state index contributed by atoms with van der Waals surface area (Å²) < 4.78 is 6.67. The van der Waals surface area contributed by atoms with Crippen molar-refractivity contribution in [2.45, 2.75) is 26.2 Å². The molecule has 0 unspecified atom stereocenters. The van der Waals surface area contributed by atoms with Crippen molar-refractivity contribution in [3.05, 3.63) is 64.3 Å². The molecule has 1 aromatic heterocycles. The van der Waals surface area contributed by atoms with Crippen LogP contribution in [-0.2, 0) is 11.2 Å². The lowest BCUT2D eigenvalue weighted by Gasteiger charge is -2.09. The van der Waals surface area contributed by atoms with Gasteiger partial charge in [0.1, 0.15) is 5.75 Å². The Morgan fingerprint density at radius 3 is 2.96 bits per heavy atom. The zero-order chi connectivity index (χ0) is 19.1. The van der Waals surface area contributed by atoms with Crippen LogP contribution in [0.4, 0.5) is 0 Å². The van der Waals surface area contributed by atoms with Gasteiger partial charge in [-0.05, 0) is 52.5 Å². The SMILES string of the molecule is CCc1ccc(OCCCC(=O)N/N=C/c2c[nH]c3ccccc23)c(Br)c1. The molecular formula is C21H22BrN3O2. The Labute approximate surface area is 166 Å². The van der Waals surface area contributed by atoms with E-state index >= 15 is 0 Å². The molecule has 0 aliphatic heterocycles. The molecule has 0 fully saturated rings. The zero-order valence-corrected chi connectivity index (χ0v) is 16.8. The lowest BCUT2D eigenvalue weighted by Crippen LogP contribution is -2.18. The van der Waals surface area contributed by atoms with E-state index in [4.69, 9.17) is 4.74 Å². The van der Waals surface area contributed by atoms with Crippen LogP contribution in [-0.4, -0.2) is 23.7 Å². The van der Waals surface area contributed by atoms with Crippen molar-refractivity contribution < 1.29 is 9.53 Å². The van der Waals surface area contributed by atoms with E-state index in [-0.39, 0.29) is 5.91 Å². The number of carbonyl (C=O) groups is 1. The van der Waals surface area contributed by atoms with Crippen LogP contribution in [0, 0.1) is 0 Å². The quantitative estimate of drug-likeness (QED) is 0.308. The summed E-state index contributed by atoms with van der Waals surface area (Å²) in [4.78, 5) is 15.1. The standard InChI is InChI=1S/C21H22BrN3O2/c1-2-15-9-10-20(18(22)12-15)27-11-5-8-21(26)25-24-14-16-13-23-19-7-4-3-6-17(16)19/h3-4,6-7,9-10,12-14,23H,2,5,8,11H2,1H3,(H,25,26)/b24-14+. The second-order valence-electron chi connectivity index (χ2n) is 6.15. The molecule has 2 N–H and O–H groups in total. The van der Waals surface area contributed by atoms with E-state index in [0.717, 1.165) is 33.1 Å². The molecule has 27 heavy (non-hydrogen) atoms. The number of benzene rings is 2. The molecule has 1 amide bonds. The summed E-state index contributed by atoms with van der Waals surface area (Å²) in [6.07, 6.45) is 5.49. The monoisotopic (exact) mass is 427 g/mol. The highest BCUT2D eigenvalue weighted by Crippen LogP contribution is 2.26. The van der Waals surface area contributed by atoms with Crippen LogP contribution in [0.3, 0.4) is 0 Å². The summed E-state index contributed by atoms with van der Waals surface area (Å²) >= 11 is 3.51. The van der Waals surface area contributed by atoms with Gasteiger partial charge in [0, 0.05) is 29.1 Å². The first-order chi connectivity index (χ1) is 13.2. The van der Waals surface area contributed by atoms with Crippen molar-refractivity contribution >= 4 is 39.0 Å². The van der Waals surface area contributed by atoms with E-state index in [9.17, 15) is 4.79 Å². The molecule has 6 heteroatoms. The molecular weight excluding hydrogens is 406 g/mol. The Balaban J connectivity index is 1.41. The molecule has 0 spiro atoms. The third-order valence-electron chi connectivity index (χ3n) is 4.22. The number of nitrogens with zero attached hydrogens (tertiary/aromatic N) is 1. The Bertz CT molecular complexity index is 950. The van der Waals surface area contributed by atoms with Gasteiger partial charge >= 0.3 is 0 Å². The number of hydrogen-bond donors (Lipinski definition) is 2. The Morgan fingerprint density at radius 1 is 1.30 bits per heavy atom. The van der Waals surface area contributed by atoms with Gasteiger partial charge in [0.2, 0.25) is 5.91 Å². The second kappa shape index (κ2) is 9.37. The average Bonchev–Trinajstić information content (AvgIpc) is 3.09. The fourth-order valence-corrected chi connectivity index (χ4v) is 3.27. The van der Waals surface area contributed by atoms with Crippen LogP contribution >= 0.6 is 15.9 Å². The molecule has 0 saturated heterocycles. The topological polar surface area (TPSA) is 66.5 Å².